The number of hydrogen-bond donors (Lipinski definition) is 2. The fourth-order valence-corrected chi connectivity index (χ4v) is 1.56. The Kier molecular flexibility index (Phi) is 11.9. The molecule has 0 heterocycles. The zero-order valence-electron chi connectivity index (χ0n) is 10.5. The average Bonchev–Trinajstić information content (AvgIpc) is 2.24. The van der Waals surface area contributed by atoms with Crippen LogP contribution in [0.15, 0.2) is 0 Å². The van der Waals surface area contributed by atoms with Gasteiger partial charge in [-0.2, -0.15) is 0 Å². The number of aliphatic hydroxyl groups is 1. The summed E-state index contributed by atoms with van der Waals surface area (Å²) < 4.78 is 0. The fraction of sp³-hybridized carbons (Fsp3) is 1.00. The maximum absolute atomic E-state index is 8.63. The van der Waals surface area contributed by atoms with Crippen LogP contribution in [0.4, 0.5) is 0 Å². The van der Waals surface area contributed by atoms with E-state index in [0.717, 1.165) is 32.5 Å². The van der Waals surface area contributed by atoms with Crippen LogP contribution in [-0.2, 0) is 0 Å². The molecule has 15 heavy (non-hydrogen) atoms. The van der Waals surface area contributed by atoms with Crippen molar-refractivity contribution in [1.82, 2.24) is 10.2 Å². The van der Waals surface area contributed by atoms with E-state index in [1.807, 2.05) is 0 Å². The molecule has 0 bridgehead atoms. The summed E-state index contributed by atoms with van der Waals surface area (Å²) in [6, 6.07) is 0. The van der Waals surface area contributed by atoms with Gasteiger partial charge in [-0.3, -0.25) is 0 Å². The summed E-state index contributed by atoms with van der Waals surface area (Å²) in [5, 5.41) is 12.0. The molecule has 0 fully saturated rings. The van der Waals surface area contributed by atoms with Gasteiger partial charge < -0.3 is 15.3 Å². The quantitative estimate of drug-likeness (QED) is 0.513. The van der Waals surface area contributed by atoms with Gasteiger partial charge in [0.2, 0.25) is 0 Å². The Morgan fingerprint density at radius 3 is 2.40 bits per heavy atom. The first-order valence-electron chi connectivity index (χ1n) is 6.31. The molecule has 92 valence electrons. The summed E-state index contributed by atoms with van der Waals surface area (Å²) in [4.78, 5) is 2.38. The SMILES string of the molecule is CCCNCCCN(C)CCCCCO. The molecule has 3 nitrogen and oxygen atoms in total. The lowest BCUT2D eigenvalue weighted by molar-refractivity contribution is 0.272. The van der Waals surface area contributed by atoms with Crippen molar-refractivity contribution >= 4 is 0 Å². The van der Waals surface area contributed by atoms with E-state index in [-0.39, 0.29) is 0 Å². The van der Waals surface area contributed by atoms with E-state index >= 15 is 0 Å². The van der Waals surface area contributed by atoms with E-state index in [4.69, 9.17) is 5.11 Å². The lowest BCUT2D eigenvalue weighted by atomic mass is 10.2. The van der Waals surface area contributed by atoms with Crippen LogP contribution in [0.3, 0.4) is 0 Å². The maximum atomic E-state index is 8.63. The molecule has 0 unspecified atom stereocenters. The van der Waals surface area contributed by atoms with E-state index in [0.29, 0.717) is 6.61 Å². The second-order valence-electron chi connectivity index (χ2n) is 4.19. The largest absolute Gasteiger partial charge is 0.396 e. The van der Waals surface area contributed by atoms with Gasteiger partial charge in [0.25, 0.3) is 0 Å². The predicted molar refractivity (Wildman–Crippen MR) is 66.2 cm³/mol. The van der Waals surface area contributed by atoms with E-state index < -0.39 is 0 Å². The van der Waals surface area contributed by atoms with Crippen molar-refractivity contribution in [2.75, 3.05) is 39.8 Å². The molecule has 0 atom stereocenters. The Hall–Kier alpha value is -0.120. The van der Waals surface area contributed by atoms with Crippen LogP contribution in [0, 0.1) is 0 Å². The molecule has 0 aromatic rings. The van der Waals surface area contributed by atoms with Gasteiger partial charge in [-0.15, -0.1) is 0 Å². The second kappa shape index (κ2) is 12.0. The van der Waals surface area contributed by atoms with Gasteiger partial charge in [-0.05, 0) is 65.3 Å². The predicted octanol–water partition coefficient (Wildman–Crippen LogP) is 1.47. The minimum absolute atomic E-state index is 0.338. The highest BCUT2D eigenvalue weighted by Gasteiger charge is 1.97. The van der Waals surface area contributed by atoms with Gasteiger partial charge in [0, 0.05) is 6.61 Å². The van der Waals surface area contributed by atoms with E-state index in [2.05, 4.69) is 24.2 Å². The lowest BCUT2D eigenvalue weighted by Gasteiger charge is -2.16. The van der Waals surface area contributed by atoms with Crippen molar-refractivity contribution in [3.8, 4) is 0 Å². The standard InChI is InChI=1S/C12H28N2O/c1-3-8-13-9-7-11-14(2)10-5-4-6-12-15/h13,15H,3-12H2,1-2H3. The molecule has 0 rings (SSSR count). The van der Waals surface area contributed by atoms with Crippen molar-refractivity contribution in [2.45, 2.75) is 39.0 Å². The molecule has 3 heteroatoms. The Bertz CT molecular complexity index is 120. The van der Waals surface area contributed by atoms with Gasteiger partial charge >= 0.3 is 0 Å². The summed E-state index contributed by atoms with van der Waals surface area (Å²) in [6.07, 6.45) is 5.76. The number of aliphatic hydroxyl groups excluding tert-OH is 1. The topological polar surface area (TPSA) is 35.5 Å². The van der Waals surface area contributed by atoms with Crippen molar-refractivity contribution < 1.29 is 5.11 Å². The smallest absolute Gasteiger partial charge is 0.0431 e. The van der Waals surface area contributed by atoms with Crippen molar-refractivity contribution in [2.24, 2.45) is 0 Å². The van der Waals surface area contributed by atoms with Crippen LogP contribution in [0.1, 0.15) is 39.0 Å². The average molecular weight is 216 g/mol. The molecular weight excluding hydrogens is 188 g/mol. The number of unbranched alkanes of at least 4 members (excludes halogenated alkanes) is 2. The van der Waals surface area contributed by atoms with E-state index in [1.165, 1.54) is 25.8 Å². The Morgan fingerprint density at radius 2 is 1.73 bits per heavy atom. The normalized spacial score (nSPS) is 11.2. The lowest BCUT2D eigenvalue weighted by Crippen LogP contribution is -2.25. The first kappa shape index (κ1) is 14.9. The van der Waals surface area contributed by atoms with Gasteiger partial charge in [-0.25, -0.2) is 0 Å². The highest BCUT2D eigenvalue weighted by molar-refractivity contribution is 4.54. The van der Waals surface area contributed by atoms with Crippen LogP contribution in [0.5, 0.6) is 0 Å². The fourth-order valence-electron chi connectivity index (χ4n) is 1.56. The maximum Gasteiger partial charge on any atom is 0.0431 e. The number of nitrogens with one attached hydrogen (secondary N) is 1. The first-order valence-corrected chi connectivity index (χ1v) is 6.31. The monoisotopic (exact) mass is 216 g/mol. The summed E-state index contributed by atoms with van der Waals surface area (Å²) >= 11 is 0. The molecule has 0 amide bonds. The van der Waals surface area contributed by atoms with E-state index in [9.17, 15) is 0 Å². The van der Waals surface area contributed by atoms with Crippen LogP contribution in [0.25, 0.3) is 0 Å². The number of nitrogens with zero attached hydrogens (tertiary/aromatic N) is 1. The third-order valence-corrected chi connectivity index (χ3v) is 2.52. The molecule has 2 N–H and O–H groups in total. The molecule has 0 aliphatic rings. The number of hydrogen-bond acceptors (Lipinski definition) is 3. The molecule has 0 saturated carbocycles. The summed E-state index contributed by atoms with van der Waals surface area (Å²) in [7, 11) is 2.18. The Balaban J connectivity index is 3.08. The summed E-state index contributed by atoms with van der Waals surface area (Å²) in [5.74, 6) is 0. The van der Waals surface area contributed by atoms with Crippen LogP contribution in [-0.4, -0.2) is 49.8 Å². The Morgan fingerprint density at radius 1 is 1.00 bits per heavy atom. The second-order valence-corrected chi connectivity index (χ2v) is 4.19. The zero-order valence-corrected chi connectivity index (χ0v) is 10.5. The first-order chi connectivity index (χ1) is 7.31. The van der Waals surface area contributed by atoms with Gasteiger partial charge in [0.1, 0.15) is 0 Å². The Labute approximate surface area is 94.9 Å². The van der Waals surface area contributed by atoms with Crippen LogP contribution >= 0.6 is 0 Å². The van der Waals surface area contributed by atoms with Gasteiger partial charge in [-0.1, -0.05) is 6.92 Å². The van der Waals surface area contributed by atoms with Crippen molar-refractivity contribution in [3.05, 3.63) is 0 Å². The molecule has 0 aliphatic heterocycles. The number of rotatable bonds is 11. The third kappa shape index (κ3) is 11.8. The van der Waals surface area contributed by atoms with Gasteiger partial charge in [0.05, 0.1) is 0 Å². The highest BCUT2D eigenvalue weighted by atomic mass is 16.2. The molecule has 0 aromatic carbocycles. The molecular formula is C12H28N2O. The molecule has 0 spiro atoms. The minimum atomic E-state index is 0.338. The zero-order chi connectivity index (χ0) is 11.4. The van der Waals surface area contributed by atoms with Crippen molar-refractivity contribution in [3.63, 3.8) is 0 Å². The molecule has 0 saturated heterocycles. The molecule has 0 radical (unpaired) electrons. The molecule has 0 aromatic heterocycles. The highest BCUT2D eigenvalue weighted by Crippen LogP contribution is 1.97. The minimum Gasteiger partial charge on any atom is -0.396 e. The van der Waals surface area contributed by atoms with Crippen molar-refractivity contribution in [1.29, 1.82) is 0 Å². The van der Waals surface area contributed by atoms with E-state index in [1.54, 1.807) is 0 Å². The summed E-state index contributed by atoms with van der Waals surface area (Å²) in [6.45, 7) is 7.14. The third-order valence-electron chi connectivity index (χ3n) is 2.52. The van der Waals surface area contributed by atoms with Crippen LogP contribution in [0.2, 0.25) is 0 Å². The van der Waals surface area contributed by atoms with Crippen LogP contribution < -0.4 is 5.32 Å². The van der Waals surface area contributed by atoms with Gasteiger partial charge in [0.15, 0.2) is 0 Å². The summed E-state index contributed by atoms with van der Waals surface area (Å²) in [5.41, 5.74) is 0. The molecule has 0 aliphatic carbocycles.